The van der Waals surface area contributed by atoms with E-state index in [1.54, 1.807) is 37.7 Å². The zero-order valence-electron chi connectivity index (χ0n) is 12.6. The minimum absolute atomic E-state index is 0.170. The third-order valence-corrected chi connectivity index (χ3v) is 4.65. The molecule has 1 aromatic heterocycles. The molecule has 0 atom stereocenters. The van der Waals surface area contributed by atoms with Crippen LogP contribution in [-0.2, 0) is 6.42 Å². The van der Waals surface area contributed by atoms with Crippen molar-refractivity contribution in [3.63, 3.8) is 0 Å². The number of carbonyl (C=O) groups is 1. The third kappa shape index (κ3) is 3.98. The van der Waals surface area contributed by atoms with E-state index in [0.717, 1.165) is 10.7 Å². The van der Waals surface area contributed by atoms with Gasteiger partial charge in [-0.15, -0.1) is 11.3 Å². The second kappa shape index (κ2) is 7.60. The van der Waals surface area contributed by atoms with Crippen molar-refractivity contribution in [1.82, 2.24) is 10.3 Å². The van der Waals surface area contributed by atoms with Gasteiger partial charge in [0.2, 0.25) is 0 Å². The van der Waals surface area contributed by atoms with Crippen molar-refractivity contribution in [1.29, 1.82) is 0 Å². The molecule has 1 aromatic carbocycles. The topological polar surface area (TPSA) is 60.5 Å². The number of aryl methyl sites for hydroxylation is 1. The molecule has 5 nitrogen and oxygen atoms in total. The summed E-state index contributed by atoms with van der Waals surface area (Å²) in [4.78, 5) is 16.6. The molecule has 1 amide bonds. The summed E-state index contributed by atoms with van der Waals surface area (Å²) >= 11 is 4.99. The molecule has 118 valence electrons. The fourth-order valence-electron chi connectivity index (χ4n) is 1.93. The number of halogens is 1. The Kier molecular flexibility index (Phi) is 5.79. The number of nitrogens with one attached hydrogen (secondary N) is 1. The molecule has 0 spiro atoms. The van der Waals surface area contributed by atoms with E-state index in [0.29, 0.717) is 34.5 Å². The van der Waals surface area contributed by atoms with Crippen LogP contribution < -0.4 is 14.8 Å². The Morgan fingerprint density at radius 1 is 1.32 bits per heavy atom. The molecule has 1 heterocycles. The van der Waals surface area contributed by atoms with Crippen LogP contribution in [0.2, 0.25) is 0 Å². The Balaban J connectivity index is 2.02. The van der Waals surface area contributed by atoms with Gasteiger partial charge in [-0.25, -0.2) is 4.98 Å². The molecule has 1 N–H and O–H groups in total. The van der Waals surface area contributed by atoms with E-state index < -0.39 is 0 Å². The molecule has 0 bridgehead atoms. The molecule has 0 aliphatic rings. The van der Waals surface area contributed by atoms with E-state index in [9.17, 15) is 4.79 Å². The summed E-state index contributed by atoms with van der Waals surface area (Å²) in [7, 11) is 3.09. The van der Waals surface area contributed by atoms with Crippen molar-refractivity contribution in [2.45, 2.75) is 13.3 Å². The molecular weight excluding hydrogens is 368 g/mol. The summed E-state index contributed by atoms with van der Waals surface area (Å²) in [5.41, 5.74) is 1.49. The lowest BCUT2D eigenvalue weighted by Gasteiger charge is -2.11. The van der Waals surface area contributed by atoms with Crippen LogP contribution in [-0.4, -0.2) is 31.7 Å². The summed E-state index contributed by atoms with van der Waals surface area (Å²) in [6.07, 6.45) is 0.709. The van der Waals surface area contributed by atoms with Gasteiger partial charge >= 0.3 is 0 Å². The number of rotatable bonds is 6. The Morgan fingerprint density at radius 2 is 1.95 bits per heavy atom. The molecule has 0 aliphatic heterocycles. The Labute approximate surface area is 141 Å². The lowest BCUT2D eigenvalue weighted by Crippen LogP contribution is -2.25. The maximum Gasteiger partial charge on any atom is 0.251 e. The highest BCUT2D eigenvalue weighted by molar-refractivity contribution is 9.10. The Hall–Kier alpha value is -1.60. The fraction of sp³-hybridized carbons (Fsp3) is 0.333. The average Bonchev–Trinajstić information content (AvgIpc) is 2.92. The number of nitrogens with zero attached hydrogens (tertiary/aromatic N) is 1. The normalized spacial score (nSPS) is 10.4. The van der Waals surface area contributed by atoms with Crippen LogP contribution >= 0.6 is 27.3 Å². The number of methoxy groups -OCH3 is 2. The van der Waals surface area contributed by atoms with Crippen molar-refractivity contribution < 1.29 is 14.3 Å². The largest absolute Gasteiger partial charge is 0.495 e. The molecule has 0 saturated heterocycles. The molecule has 22 heavy (non-hydrogen) atoms. The maximum atomic E-state index is 12.2. The monoisotopic (exact) mass is 384 g/mol. The van der Waals surface area contributed by atoms with Gasteiger partial charge in [0, 0.05) is 23.9 Å². The van der Waals surface area contributed by atoms with Gasteiger partial charge in [0.15, 0.2) is 0 Å². The van der Waals surface area contributed by atoms with Crippen molar-refractivity contribution >= 4 is 33.2 Å². The number of amides is 1. The van der Waals surface area contributed by atoms with Gasteiger partial charge in [0.05, 0.1) is 24.9 Å². The van der Waals surface area contributed by atoms with Crippen LogP contribution in [0.3, 0.4) is 0 Å². The zero-order valence-corrected chi connectivity index (χ0v) is 15.0. The van der Waals surface area contributed by atoms with Crippen molar-refractivity contribution in [2.24, 2.45) is 0 Å². The van der Waals surface area contributed by atoms with E-state index in [1.165, 1.54) is 0 Å². The Bertz CT molecular complexity index is 648. The maximum absolute atomic E-state index is 12.2. The average molecular weight is 385 g/mol. The van der Waals surface area contributed by atoms with E-state index in [2.05, 4.69) is 26.2 Å². The second-order valence-corrected chi connectivity index (χ2v) is 6.41. The Morgan fingerprint density at radius 3 is 2.45 bits per heavy atom. The highest BCUT2D eigenvalue weighted by Crippen LogP contribution is 2.35. The molecule has 7 heteroatoms. The quantitative estimate of drug-likeness (QED) is 0.830. The van der Waals surface area contributed by atoms with Gasteiger partial charge in [-0.3, -0.25) is 4.79 Å². The van der Waals surface area contributed by atoms with Crippen LogP contribution in [0, 0.1) is 6.92 Å². The van der Waals surface area contributed by atoms with Gasteiger partial charge in [-0.2, -0.15) is 0 Å². The number of ether oxygens (including phenoxy) is 2. The lowest BCUT2D eigenvalue weighted by atomic mass is 10.2. The molecule has 0 aliphatic carbocycles. The smallest absolute Gasteiger partial charge is 0.251 e. The number of benzene rings is 1. The fourth-order valence-corrected chi connectivity index (χ4v) is 3.13. The van der Waals surface area contributed by atoms with E-state index in [4.69, 9.17) is 9.47 Å². The predicted octanol–water partition coefficient (Wildman–Crippen LogP) is 3.20. The van der Waals surface area contributed by atoms with Crippen LogP contribution in [0.4, 0.5) is 0 Å². The minimum atomic E-state index is -0.170. The van der Waals surface area contributed by atoms with Crippen LogP contribution in [0.1, 0.15) is 21.1 Å². The van der Waals surface area contributed by atoms with E-state index in [-0.39, 0.29) is 5.91 Å². The molecule has 2 aromatic rings. The minimum Gasteiger partial charge on any atom is -0.495 e. The van der Waals surface area contributed by atoms with Crippen LogP contribution in [0.5, 0.6) is 11.5 Å². The number of hydrogen-bond acceptors (Lipinski definition) is 5. The first kappa shape index (κ1) is 16.8. The summed E-state index contributed by atoms with van der Waals surface area (Å²) in [5, 5.41) is 5.92. The molecule has 0 unspecified atom stereocenters. The SMILES string of the molecule is COc1cc(C(=O)NCCc2csc(C)n2)cc(OC)c1Br. The molecular formula is C15H17BrN2O3S. The number of aromatic nitrogens is 1. The lowest BCUT2D eigenvalue weighted by molar-refractivity contribution is 0.0953. The van der Waals surface area contributed by atoms with Crippen molar-refractivity contribution in [3.05, 3.63) is 38.3 Å². The third-order valence-electron chi connectivity index (χ3n) is 3.04. The molecule has 0 fully saturated rings. The second-order valence-electron chi connectivity index (χ2n) is 4.56. The van der Waals surface area contributed by atoms with Gasteiger partial charge in [0.1, 0.15) is 16.0 Å². The highest BCUT2D eigenvalue weighted by Gasteiger charge is 2.14. The molecule has 0 radical (unpaired) electrons. The van der Waals surface area contributed by atoms with Gasteiger partial charge < -0.3 is 14.8 Å². The molecule has 0 saturated carbocycles. The number of carbonyl (C=O) groups excluding carboxylic acids is 1. The highest BCUT2D eigenvalue weighted by atomic mass is 79.9. The van der Waals surface area contributed by atoms with Gasteiger partial charge in [0.25, 0.3) is 5.91 Å². The van der Waals surface area contributed by atoms with Gasteiger partial charge in [-0.05, 0) is 35.0 Å². The summed E-state index contributed by atoms with van der Waals surface area (Å²) < 4.78 is 11.2. The first-order valence-corrected chi connectivity index (χ1v) is 8.33. The predicted molar refractivity (Wildman–Crippen MR) is 90.1 cm³/mol. The standard InChI is InChI=1S/C15H17BrN2O3S/c1-9-18-11(8-22-9)4-5-17-15(19)10-6-12(20-2)14(16)13(7-10)21-3/h6-8H,4-5H2,1-3H3,(H,17,19). The summed E-state index contributed by atoms with van der Waals surface area (Å²) in [6.45, 7) is 2.50. The van der Waals surface area contributed by atoms with Crippen molar-refractivity contribution in [2.75, 3.05) is 20.8 Å². The zero-order chi connectivity index (χ0) is 16.1. The first-order chi connectivity index (χ1) is 10.5. The number of thiazole rings is 1. The van der Waals surface area contributed by atoms with Crippen LogP contribution in [0.15, 0.2) is 22.0 Å². The summed E-state index contributed by atoms with van der Waals surface area (Å²) in [6, 6.07) is 3.35. The molecule has 2 rings (SSSR count). The van der Waals surface area contributed by atoms with Crippen LogP contribution in [0.25, 0.3) is 0 Å². The van der Waals surface area contributed by atoms with Gasteiger partial charge in [-0.1, -0.05) is 0 Å². The number of hydrogen-bond donors (Lipinski definition) is 1. The van der Waals surface area contributed by atoms with E-state index in [1.807, 2.05) is 12.3 Å². The van der Waals surface area contributed by atoms with E-state index >= 15 is 0 Å². The first-order valence-electron chi connectivity index (χ1n) is 6.66. The summed E-state index contributed by atoms with van der Waals surface area (Å²) in [5.74, 6) is 0.940. The van der Waals surface area contributed by atoms with Crippen molar-refractivity contribution in [3.8, 4) is 11.5 Å².